The van der Waals surface area contributed by atoms with Gasteiger partial charge in [0.15, 0.2) is 0 Å². The number of carboxylic acid groups (broad SMARTS) is 1. The minimum Gasteiger partial charge on any atom is -0.480 e. The molecule has 0 bridgehead atoms. The first-order chi connectivity index (χ1) is 14.7. The first kappa shape index (κ1) is 22.6. The predicted molar refractivity (Wildman–Crippen MR) is 115 cm³/mol. The minimum absolute atomic E-state index is 0.0668. The summed E-state index contributed by atoms with van der Waals surface area (Å²) in [5.41, 5.74) is 4.26. The van der Waals surface area contributed by atoms with Crippen LogP contribution in [0, 0.1) is 0 Å². The van der Waals surface area contributed by atoms with Gasteiger partial charge < -0.3 is 9.84 Å². The smallest absolute Gasteiger partial charge is 0.480 e. The molecule has 3 rings (SSSR count). The molecule has 0 amide bonds. The molecule has 3 aromatic rings. The van der Waals surface area contributed by atoms with Crippen LogP contribution in [0.4, 0.5) is 13.2 Å². The van der Waals surface area contributed by atoms with Crippen molar-refractivity contribution in [3.63, 3.8) is 0 Å². The monoisotopic (exact) mass is 447 g/mol. The zero-order chi connectivity index (χ0) is 22.4. The molecule has 0 atom stereocenters. The van der Waals surface area contributed by atoms with Crippen LogP contribution in [0.2, 0.25) is 0 Å². The number of carboxylic acids is 1. The van der Waals surface area contributed by atoms with Crippen molar-refractivity contribution in [2.75, 3.05) is 20.1 Å². The molecule has 0 aliphatic carbocycles. The summed E-state index contributed by atoms with van der Waals surface area (Å²) in [5, 5.41) is 12.9. The lowest BCUT2D eigenvalue weighted by Gasteiger charge is -2.14. The summed E-state index contributed by atoms with van der Waals surface area (Å²) in [4.78, 5) is 12.6. The van der Waals surface area contributed by atoms with Gasteiger partial charge in [0.2, 0.25) is 0 Å². The number of hydrogen-bond acceptors (Lipinski definition) is 4. The molecule has 0 saturated carbocycles. The Bertz CT molecular complexity index is 1040. The van der Waals surface area contributed by atoms with Crippen molar-refractivity contribution in [1.82, 2.24) is 4.90 Å². The highest BCUT2D eigenvalue weighted by Crippen LogP contribution is 2.30. The zero-order valence-corrected chi connectivity index (χ0v) is 17.4. The summed E-state index contributed by atoms with van der Waals surface area (Å²) >= 11 is 1.56. The van der Waals surface area contributed by atoms with Crippen LogP contribution in [0.25, 0.3) is 16.7 Å². The summed E-state index contributed by atoms with van der Waals surface area (Å²) in [6.07, 6.45) is -2.77. The zero-order valence-electron chi connectivity index (χ0n) is 16.6. The third-order valence-corrected chi connectivity index (χ3v) is 5.12. The van der Waals surface area contributed by atoms with E-state index in [9.17, 15) is 18.0 Å². The lowest BCUT2D eigenvalue weighted by atomic mass is 9.97. The molecule has 1 N–H and O–H groups in total. The number of benzene rings is 2. The van der Waals surface area contributed by atoms with Crippen molar-refractivity contribution in [3.8, 4) is 16.9 Å². The van der Waals surface area contributed by atoms with Crippen LogP contribution in [0.3, 0.4) is 0 Å². The van der Waals surface area contributed by atoms with E-state index >= 15 is 0 Å². The molecule has 8 heteroatoms. The van der Waals surface area contributed by atoms with Crippen LogP contribution in [0.15, 0.2) is 71.4 Å². The van der Waals surface area contributed by atoms with Gasteiger partial charge in [-0.3, -0.25) is 9.69 Å². The lowest BCUT2D eigenvalue weighted by Crippen LogP contribution is -2.25. The molecule has 0 aliphatic heterocycles. The van der Waals surface area contributed by atoms with Crippen molar-refractivity contribution in [3.05, 3.63) is 82.6 Å². The molecule has 0 saturated heterocycles. The number of thiophene rings is 1. The fourth-order valence-corrected chi connectivity index (χ4v) is 3.73. The summed E-state index contributed by atoms with van der Waals surface area (Å²) in [5.74, 6) is -1.16. The number of halogens is 3. The van der Waals surface area contributed by atoms with E-state index in [0.29, 0.717) is 12.1 Å². The Morgan fingerprint density at radius 3 is 2.45 bits per heavy atom. The van der Waals surface area contributed by atoms with Crippen molar-refractivity contribution < 1.29 is 27.8 Å². The van der Waals surface area contributed by atoms with Gasteiger partial charge in [-0.15, -0.1) is 13.2 Å². The largest absolute Gasteiger partial charge is 0.573 e. The standard InChI is InChI=1S/C23H20F3NO3S/c1-27(14-22(28)29)11-9-21(19-10-12-31-15-19)17-7-5-16(6-8-17)18-3-2-4-20(13-18)30-23(24,25)26/h2-10,12-13,15H,11,14H2,1H3,(H,28,29)/b21-9-. The van der Waals surface area contributed by atoms with E-state index in [2.05, 4.69) is 4.74 Å². The first-order valence-electron chi connectivity index (χ1n) is 9.31. The van der Waals surface area contributed by atoms with E-state index < -0.39 is 12.3 Å². The van der Waals surface area contributed by atoms with Crippen molar-refractivity contribution in [2.45, 2.75) is 6.36 Å². The Labute approximate surface area is 181 Å². The lowest BCUT2D eigenvalue weighted by molar-refractivity contribution is -0.274. The molecule has 0 unspecified atom stereocenters. The molecule has 0 fully saturated rings. The Morgan fingerprint density at radius 1 is 1.10 bits per heavy atom. The molecular formula is C23H20F3NO3S. The van der Waals surface area contributed by atoms with Gasteiger partial charge in [0.25, 0.3) is 0 Å². The van der Waals surface area contributed by atoms with Crippen molar-refractivity contribution in [2.24, 2.45) is 0 Å². The maximum absolute atomic E-state index is 12.5. The fraction of sp³-hybridized carbons (Fsp3) is 0.174. The van der Waals surface area contributed by atoms with Gasteiger partial charge in [0, 0.05) is 6.54 Å². The van der Waals surface area contributed by atoms with Gasteiger partial charge in [0.1, 0.15) is 5.75 Å². The Hall–Kier alpha value is -3.10. The van der Waals surface area contributed by atoms with Crippen LogP contribution in [0.1, 0.15) is 11.1 Å². The van der Waals surface area contributed by atoms with Crippen LogP contribution in [0.5, 0.6) is 5.75 Å². The van der Waals surface area contributed by atoms with Crippen LogP contribution in [-0.4, -0.2) is 42.5 Å². The summed E-state index contributed by atoms with van der Waals surface area (Å²) in [7, 11) is 1.73. The highest BCUT2D eigenvalue weighted by atomic mass is 32.1. The predicted octanol–water partition coefficient (Wildman–Crippen LogP) is 5.76. The quantitative estimate of drug-likeness (QED) is 0.477. The maximum atomic E-state index is 12.5. The Kier molecular flexibility index (Phi) is 7.14. The molecule has 162 valence electrons. The molecule has 2 aromatic carbocycles. The normalized spacial score (nSPS) is 12.2. The molecule has 0 aliphatic rings. The number of ether oxygens (including phenoxy) is 1. The molecule has 0 spiro atoms. The summed E-state index contributed by atoms with van der Waals surface area (Å²) < 4.78 is 41.5. The van der Waals surface area contributed by atoms with Gasteiger partial charge in [-0.25, -0.2) is 0 Å². The number of hydrogen-bond donors (Lipinski definition) is 1. The van der Waals surface area contributed by atoms with E-state index in [1.807, 2.05) is 47.2 Å². The van der Waals surface area contributed by atoms with Gasteiger partial charge in [-0.1, -0.05) is 42.5 Å². The number of alkyl halides is 3. The van der Waals surface area contributed by atoms with Gasteiger partial charge in [-0.05, 0) is 63.8 Å². The molecule has 1 heterocycles. The van der Waals surface area contributed by atoms with E-state index in [1.165, 1.54) is 18.2 Å². The second-order valence-electron chi connectivity index (χ2n) is 6.87. The second kappa shape index (κ2) is 9.80. The van der Waals surface area contributed by atoms with Crippen molar-refractivity contribution >= 4 is 22.9 Å². The van der Waals surface area contributed by atoms with Crippen molar-refractivity contribution in [1.29, 1.82) is 0 Å². The Morgan fingerprint density at radius 2 is 1.84 bits per heavy atom. The second-order valence-corrected chi connectivity index (χ2v) is 7.65. The molecule has 1 aromatic heterocycles. The summed E-state index contributed by atoms with van der Waals surface area (Å²) in [6, 6.07) is 15.3. The molecule has 0 radical (unpaired) electrons. The van der Waals surface area contributed by atoms with Gasteiger partial charge in [-0.2, -0.15) is 11.3 Å². The first-order valence-corrected chi connectivity index (χ1v) is 10.3. The number of rotatable bonds is 8. The van der Waals surface area contributed by atoms with E-state index in [0.717, 1.165) is 22.3 Å². The van der Waals surface area contributed by atoms with Crippen LogP contribution >= 0.6 is 11.3 Å². The summed E-state index contributed by atoms with van der Waals surface area (Å²) in [6.45, 7) is 0.388. The minimum atomic E-state index is -4.74. The SMILES string of the molecule is CN(C/C=C(/c1ccc(-c2cccc(OC(F)(F)F)c2)cc1)c1ccsc1)CC(=O)O. The third kappa shape index (κ3) is 6.70. The highest BCUT2D eigenvalue weighted by Gasteiger charge is 2.31. The molecule has 31 heavy (non-hydrogen) atoms. The van der Waals surface area contributed by atoms with Gasteiger partial charge >= 0.3 is 12.3 Å². The molecule has 4 nitrogen and oxygen atoms in total. The van der Waals surface area contributed by atoms with Crippen LogP contribution < -0.4 is 4.74 Å². The van der Waals surface area contributed by atoms with E-state index in [1.54, 1.807) is 29.4 Å². The third-order valence-electron chi connectivity index (χ3n) is 4.44. The number of aliphatic carboxylic acids is 1. The van der Waals surface area contributed by atoms with E-state index in [4.69, 9.17) is 5.11 Å². The fourth-order valence-electron chi connectivity index (χ4n) is 3.08. The Balaban J connectivity index is 1.85. The highest BCUT2D eigenvalue weighted by molar-refractivity contribution is 7.08. The average molecular weight is 447 g/mol. The van der Waals surface area contributed by atoms with Crippen LogP contribution in [-0.2, 0) is 4.79 Å². The maximum Gasteiger partial charge on any atom is 0.573 e. The number of carbonyl (C=O) groups is 1. The topological polar surface area (TPSA) is 49.8 Å². The molecular weight excluding hydrogens is 427 g/mol. The van der Waals surface area contributed by atoms with E-state index in [-0.39, 0.29) is 12.3 Å². The average Bonchev–Trinajstić information content (AvgIpc) is 3.21. The number of likely N-dealkylation sites (N-methyl/N-ethyl adjacent to an activating group) is 1. The van der Waals surface area contributed by atoms with Gasteiger partial charge in [0.05, 0.1) is 6.54 Å². The number of nitrogens with zero attached hydrogens (tertiary/aromatic N) is 1.